The van der Waals surface area contributed by atoms with E-state index in [0.717, 1.165) is 23.5 Å². The third-order valence-corrected chi connectivity index (χ3v) is 5.31. The number of benzene rings is 2. The molecule has 1 N–H and O–H groups in total. The number of carbonyl (C=O) groups is 2. The quantitative estimate of drug-likeness (QED) is 0.764. The van der Waals surface area contributed by atoms with Crippen molar-refractivity contribution in [2.45, 2.75) is 39.5 Å². The van der Waals surface area contributed by atoms with Crippen LogP contribution in [0.4, 0.5) is 11.4 Å². The highest BCUT2D eigenvalue weighted by Gasteiger charge is 2.35. The fourth-order valence-corrected chi connectivity index (χ4v) is 3.40. The van der Waals surface area contributed by atoms with E-state index in [1.807, 2.05) is 43.3 Å². The Kier molecular flexibility index (Phi) is 6.34. The largest absolute Gasteiger partial charge is 0.494 e. The molecule has 2 atom stereocenters. The number of carbonyl (C=O) groups excluding carboxylic acids is 2. The minimum atomic E-state index is -0.353. The molecule has 0 radical (unpaired) electrons. The lowest BCUT2D eigenvalue weighted by molar-refractivity contribution is -0.122. The predicted molar refractivity (Wildman–Crippen MR) is 112 cm³/mol. The number of ether oxygens (including phenoxy) is 1. The third-order valence-electron chi connectivity index (χ3n) is 5.31. The topological polar surface area (TPSA) is 58.6 Å². The van der Waals surface area contributed by atoms with Crippen molar-refractivity contribution in [3.8, 4) is 5.75 Å². The number of hydrogen-bond acceptors (Lipinski definition) is 3. The Morgan fingerprint density at radius 1 is 1.14 bits per heavy atom. The molecule has 5 heteroatoms. The highest BCUT2D eigenvalue weighted by atomic mass is 16.5. The molecule has 28 heavy (non-hydrogen) atoms. The number of hydrogen-bond donors (Lipinski definition) is 1. The molecule has 0 unspecified atom stereocenters. The Balaban J connectivity index is 1.61. The van der Waals surface area contributed by atoms with Crippen molar-refractivity contribution in [2.24, 2.45) is 5.92 Å². The van der Waals surface area contributed by atoms with Gasteiger partial charge in [0.1, 0.15) is 5.75 Å². The molecule has 3 rings (SSSR count). The molecule has 0 saturated carbocycles. The Morgan fingerprint density at radius 3 is 2.43 bits per heavy atom. The molecular weight excluding hydrogens is 352 g/mol. The first-order chi connectivity index (χ1) is 13.5. The molecule has 5 nitrogen and oxygen atoms in total. The summed E-state index contributed by atoms with van der Waals surface area (Å²) in [7, 11) is 0. The van der Waals surface area contributed by atoms with Gasteiger partial charge >= 0.3 is 0 Å². The van der Waals surface area contributed by atoms with Gasteiger partial charge in [-0.3, -0.25) is 9.59 Å². The van der Waals surface area contributed by atoms with Gasteiger partial charge in [0, 0.05) is 24.3 Å². The zero-order chi connectivity index (χ0) is 20.1. The molecule has 1 aliphatic rings. The molecule has 2 aromatic rings. The van der Waals surface area contributed by atoms with Crippen LogP contribution >= 0.6 is 0 Å². The van der Waals surface area contributed by atoms with E-state index >= 15 is 0 Å². The molecule has 2 aromatic carbocycles. The Morgan fingerprint density at radius 2 is 1.82 bits per heavy atom. The summed E-state index contributed by atoms with van der Waals surface area (Å²) in [5.74, 6) is 0.774. The highest BCUT2D eigenvalue weighted by molar-refractivity contribution is 6.03. The van der Waals surface area contributed by atoms with E-state index in [4.69, 9.17) is 4.74 Å². The maximum absolute atomic E-state index is 12.6. The number of anilines is 2. The minimum absolute atomic E-state index is 0.0311. The minimum Gasteiger partial charge on any atom is -0.494 e. The summed E-state index contributed by atoms with van der Waals surface area (Å²) in [4.78, 5) is 26.7. The van der Waals surface area contributed by atoms with E-state index in [-0.39, 0.29) is 24.2 Å². The van der Waals surface area contributed by atoms with E-state index in [1.54, 1.807) is 4.90 Å². The molecule has 1 aliphatic heterocycles. The summed E-state index contributed by atoms with van der Waals surface area (Å²) in [6.45, 7) is 7.27. The van der Waals surface area contributed by atoms with Crippen LogP contribution in [0, 0.1) is 5.92 Å². The normalized spacial score (nSPS) is 17.5. The van der Waals surface area contributed by atoms with Gasteiger partial charge in [-0.2, -0.15) is 0 Å². The molecule has 0 aromatic heterocycles. The van der Waals surface area contributed by atoms with Crippen LogP contribution in [-0.4, -0.2) is 25.0 Å². The second-order valence-corrected chi connectivity index (χ2v) is 7.25. The van der Waals surface area contributed by atoms with Crippen LogP contribution in [0.25, 0.3) is 0 Å². The molecule has 0 spiro atoms. The first-order valence-corrected chi connectivity index (χ1v) is 9.95. The zero-order valence-electron chi connectivity index (χ0n) is 16.8. The number of rotatable bonds is 7. The molecular formula is C23H28N2O3. The highest BCUT2D eigenvalue weighted by Crippen LogP contribution is 2.28. The Labute approximate surface area is 166 Å². The maximum Gasteiger partial charge on any atom is 0.229 e. The van der Waals surface area contributed by atoms with Crippen LogP contribution in [0.5, 0.6) is 5.75 Å². The van der Waals surface area contributed by atoms with Gasteiger partial charge in [0.2, 0.25) is 11.8 Å². The Hall–Kier alpha value is -2.82. The lowest BCUT2D eigenvalue weighted by atomic mass is 9.98. The number of nitrogens with zero attached hydrogens (tertiary/aromatic N) is 1. The molecule has 0 aliphatic carbocycles. The van der Waals surface area contributed by atoms with Crippen LogP contribution in [0.3, 0.4) is 0 Å². The van der Waals surface area contributed by atoms with E-state index in [1.165, 1.54) is 5.56 Å². The summed E-state index contributed by atoms with van der Waals surface area (Å²) >= 11 is 0. The SMILES string of the molecule is CCOc1ccc(N2C[C@H](C(=O)Nc3ccc([C@@H](C)CC)cc3)CC2=O)cc1. The summed E-state index contributed by atoms with van der Waals surface area (Å²) in [6.07, 6.45) is 1.31. The van der Waals surface area contributed by atoms with E-state index in [2.05, 4.69) is 31.3 Å². The van der Waals surface area contributed by atoms with Crippen molar-refractivity contribution in [1.82, 2.24) is 0 Å². The molecule has 0 bridgehead atoms. The van der Waals surface area contributed by atoms with Crippen LogP contribution in [0.1, 0.15) is 45.1 Å². The first-order valence-electron chi connectivity index (χ1n) is 9.95. The lowest BCUT2D eigenvalue weighted by Gasteiger charge is -2.17. The summed E-state index contributed by atoms with van der Waals surface area (Å²) < 4.78 is 5.44. The van der Waals surface area contributed by atoms with Crippen molar-refractivity contribution in [3.05, 3.63) is 54.1 Å². The van der Waals surface area contributed by atoms with Gasteiger partial charge in [-0.1, -0.05) is 26.0 Å². The molecule has 1 saturated heterocycles. The summed E-state index contributed by atoms with van der Waals surface area (Å²) in [5, 5.41) is 2.95. The standard InChI is InChI=1S/C23H28N2O3/c1-4-16(3)17-6-8-19(9-7-17)24-23(27)18-14-22(26)25(15-18)20-10-12-21(13-11-20)28-5-2/h6-13,16,18H,4-5,14-15H2,1-3H3,(H,24,27)/t16-,18+/m0/s1. The summed E-state index contributed by atoms with van der Waals surface area (Å²) in [5.41, 5.74) is 2.82. The van der Waals surface area contributed by atoms with Gasteiger partial charge in [-0.05, 0) is 61.2 Å². The third kappa shape index (κ3) is 4.53. The van der Waals surface area contributed by atoms with Crippen molar-refractivity contribution in [1.29, 1.82) is 0 Å². The molecule has 148 valence electrons. The molecule has 1 heterocycles. The van der Waals surface area contributed by atoms with E-state index in [0.29, 0.717) is 19.1 Å². The van der Waals surface area contributed by atoms with Gasteiger partial charge < -0.3 is 15.0 Å². The molecule has 2 amide bonds. The fraction of sp³-hybridized carbons (Fsp3) is 0.391. The van der Waals surface area contributed by atoms with Crippen molar-refractivity contribution in [2.75, 3.05) is 23.4 Å². The smallest absolute Gasteiger partial charge is 0.229 e. The van der Waals surface area contributed by atoms with Crippen LogP contribution in [-0.2, 0) is 9.59 Å². The average Bonchev–Trinajstić information content (AvgIpc) is 3.10. The summed E-state index contributed by atoms with van der Waals surface area (Å²) in [6, 6.07) is 15.4. The number of amides is 2. The monoisotopic (exact) mass is 380 g/mol. The predicted octanol–water partition coefficient (Wildman–Crippen LogP) is 4.59. The van der Waals surface area contributed by atoms with Crippen molar-refractivity contribution in [3.63, 3.8) is 0 Å². The van der Waals surface area contributed by atoms with Crippen molar-refractivity contribution < 1.29 is 14.3 Å². The molecule has 1 fully saturated rings. The van der Waals surface area contributed by atoms with Gasteiger partial charge in [0.25, 0.3) is 0 Å². The Bertz CT molecular complexity index is 815. The maximum atomic E-state index is 12.6. The van der Waals surface area contributed by atoms with E-state index in [9.17, 15) is 9.59 Å². The van der Waals surface area contributed by atoms with Gasteiger partial charge in [0.05, 0.1) is 12.5 Å². The van der Waals surface area contributed by atoms with Crippen LogP contribution in [0.15, 0.2) is 48.5 Å². The zero-order valence-corrected chi connectivity index (χ0v) is 16.8. The van der Waals surface area contributed by atoms with Crippen LogP contribution < -0.4 is 15.0 Å². The second-order valence-electron chi connectivity index (χ2n) is 7.25. The van der Waals surface area contributed by atoms with Gasteiger partial charge in [-0.15, -0.1) is 0 Å². The fourth-order valence-electron chi connectivity index (χ4n) is 3.40. The van der Waals surface area contributed by atoms with E-state index < -0.39 is 0 Å². The lowest BCUT2D eigenvalue weighted by Crippen LogP contribution is -2.28. The average molecular weight is 380 g/mol. The van der Waals surface area contributed by atoms with Crippen LogP contribution in [0.2, 0.25) is 0 Å². The first kappa shape index (κ1) is 19.9. The number of nitrogens with one attached hydrogen (secondary N) is 1. The second kappa shape index (κ2) is 8.91. The van der Waals surface area contributed by atoms with Gasteiger partial charge in [-0.25, -0.2) is 0 Å². The van der Waals surface area contributed by atoms with Crippen molar-refractivity contribution >= 4 is 23.2 Å². The van der Waals surface area contributed by atoms with Gasteiger partial charge in [0.15, 0.2) is 0 Å².